The Labute approximate surface area is 166 Å². The maximum atomic E-state index is 12.6. The second-order valence-corrected chi connectivity index (χ2v) is 7.24. The summed E-state index contributed by atoms with van der Waals surface area (Å²) in [5.41, 5.74) is 2.62. The number of amides is 1. The number of nitrogens with zero attached hydrogens (tertiary/aromatic N) is 3. The van der Waals surface area contributed by atoms with Gasteiger partial charge in [-0.3, -0.25) is 4.79 Å². The summed E-state index contributed by atoms with van der Waals surface area (Å²) in [6.07, 6.45) is 6.32. The first-order valence-electron chi connectivity index (χ1n) is 8.52. The molecule has 1 aliphatic heterocycles. The largest absolute Gasteiger partial charge is 0.351 e. The number of aromatic amines is 1. The molecule has 3 N–H and O–H groups in total. The summed E-state index contributed by atoms with van der Waals surface area (Å²) in [4.78, 5) is 26.3. The predicted molar refractivity (Wildman–Crippen MR) is 108 cm³/mol. The number of aromatic nitrogens is 3. The Balaban J connectivity index is 0.00000180. The zero-order chi connectivity index (χ0) is 17.9. The lowest BCUT2D eigenvalue weighted by Crippen LogP contribution is -2.66. The topological polar surface area (TPSA) is 85.9 Å². The average Bonchev–Trinajstić information content (AvgIpc) is 3.06. The third kappa shape index (κ3) is 2.61. The lowest BCUT2D eigenvalue weighted by atomic mass is 9.81. The lowest BCUT2D eigenvalue weighted by molar-refractivity contribution is 0.0803. The predicted octanol–water partition coefficient (Wildman–Crippen LogP) is 3.84. The number of rotatable bonds is 2. The molecule has 1 saturated carbocycles. The number of hydrogen-bond acceptors (Lipinski definition) is 5. The number of halogens is 2. The van der Waals surface area contributed by atoms with Crippen LogP contribution in [0.4, 0.5) is 17.2 Å². The summed E-state index contributed by atoms with van der Waals surface area (Å²) in [5, 5.41) is 7.74. The summed E-state index contributed by atoms with van der Waals surface area (Å²) >= 11 is 6.46. The van der Waals surface area contributed by atoms with Gasteiger partial charge in [-0.05, 0) is 37.5 Å². The molecule has 27 heavy (non-hydrogen) atoms. The molecule has 9 heteroatoms. The molecule has 1 amide bonds. The Morgan fingerprint density at radius 3 is 2.85 bits per heavy atom. The van der Waals surface area contributed by atoms with E-state index in [0.29, 0.717) is 16.4 Å². The van der Waals surface area contributed by atoms with Crippen LogP contribution >= 0.6 is 24.0 Å². The van der Waals surface area contributed by atoms with Crippen molar-refractivity contribution in [3.05, 3.63) is 41.3 Å². The summed E-state index contributed by atoms with van der Waals surface area (Å²) in [5.74, 6) is 0.581. The highest BCUT2D eigenvalue weighted by molar-refractivity contribution is 6.35. The number of carbonyl (C=O) groups excluding carboxylic acids is 1. The van der Waals surface area contributed by atoms with E-state index < -0.39 is 0 Å². The lowest BCUT2D eigenvalue weighted by Gasteiger charge is -2.53. The molecule has 0 radical (unpaired) electrons. The zero-order valence-corrected chi connectivity index (χ0v) is 16.1. The SMILES string of the molecule is CN1c2cc(Nc3ncnc4[nH]ccc34)cc(Cl)c2C(=O)NC12CCC2.Cl. The van der Waals surface area contributed by atoms with Crippen molar-refractivity contribution in [1.82, 2.24) is 20.3 Å². The third-order valence-electron chi connectivity index (χ3n) is 5.44. The van der Waals surface area contributed by atoms with E-state index in [9.17, 15) is 4.79 Å². The van der Waals surface area contributed by atoms with Crippen molar-refractivity contribution >= 4 is 58.1 Å². The fraction of sp³-hybridized carbons (Fsp3) is 0.278. The van der Waals surface area contributed by atoms with Crippen molar-refractivity contribution in [2.24, 2.45) is 0 Å². The van der Waals surface area contributed by atoms with Crippen LogP contribution < -0.4 is 15.5 Å². The smallest absolute Gasteiger partial charge is 0.256 e. The van der Waals surface area contributed by atoms with E-state index in [4.69, 9.17) is 11.6 Å². The second kappa shape index (κ2) is 6.28. The van der Waals surface area contributed by atoms with Crippen molar-refractivity contribution in [1.29, 1.82) is 0 Å². The van der Waals surface area contributed by atoms with Gasteiger partial charge in [0.1, 0.15) is 23.5 Å². The third-order valence-corrected chi connectivity index (χ3v) is 5.74. The summed E-state index contributed by atoms with van der Waals surface area (Å²) in [6, 6.07) is 5.63. The normalized spacial score (nSPS) is 17.1. The van der Waals surface area contributed by atoms with E-state index in [0.717, 1.165) is 41.7 Å². The van der Waals surface area contributed by atoms with Crippen LogP contribution in [0, 0.1) is 0 Å². The fourth-order valence-electron chi connectivity index (χ4n) is 3.82. The van der Waals surface area contributed by atoms with E-state index in [1.807, 2.05) is 25.4 Å². The summed E-state index contributed by atoms with van der Waals surface area (Å²) in [6.45, 7) is 0. The van der Waals surface area contributed by atoms with E-state index in [2.05, 4.69) is 30.5 Å². The van der Waals surface area contributed by atoms with Crippen molar-refractivity contribution in [3.63, 3.8) is 0 Å². The standard InChI is InChI=1S/C18H17ClN6O.ClH/c1-25-13-8-10(23-16-11-3-6-20-15(11)21-9-22-16)7-12(19)14(13)17(26)24-18(25)4-2-5-18;/h3,6-9H,2,4-5H2,1H3,(H,24,26)(H2,20,21,22,23);1H. The molecule has 3 heterocycles. The molecule has 7 nitrogen and oxygen atoms in total. The molecule has 0 unspecified atom stereocenters. The minimum Gasteiger partial charge on any atom is -0.351 e. The number of nitrogens with one attached hydrogen (secondary N) is 3. The molecular formula is C18H18Cl2N6O. The van der Waals surface area contributed by atoms with Gasteiger partial charge in [-0.1, -0.05) is 11.6 Å². The van der Waals surface area contributed by atoms with Crippen molar-refractivity contribution in [2.45, 2.75) is 24.9 Å². The van der Waals surface area contributed by atoms with Crippen LogP contribution in [-0.2, 0) is 0 Å². The maximum Gasteiger partial charge on any atom is 0.256 e. The van der Waals surface area contributed by atoms with E-state index in [1.165, 1.54) is 6.33 Å². The van der Waals surface area contributed by atoms with Gasteiger partial charge in [-0.15, -0.1) is 12.4 Å². The Morgan fingerprint density at radius 2 is 2.11 bits per heavy atom. The highest BCUT2D eigenvalue weighted by Crippen LogP contribution is 2.44. The summed E-state index contributed by atoms with van der Waals surface area (Å²) < 4.78 is 0. The molecule has 1 spiro atoms. The van der Waals surface area contributed by atoms with E-state index in [1.54, 1.807) is 6.07 Å². The van der Waals surface area contributed by atoms with Crippen LogP contribution in [0.5, 0.6) is 0 Å². The van der Waals surface area contributed by atoms with Crippen LogP contribution in [0.25, 0.3) is 11.0 Å². The number of benzene rings is 1. The molecule has 1 fully saturated rings. The zero-order valence-electron chi connectivity index (χ0n) is 14.5. The van der Waals surface area contributed by atoms with E-state index in [-0.39, 0.29) is 24.0 Å². The quantitative estimate of drug-likeness (QED) is 0.603. The van der Waals surface area contributed by atoms with Gasteiger partial charge in [0.2, 0.25) is 0 Å². The van der Waals surface area contributed by atoms with Gasteiger partial charge >= 0.3 is 0 Å². The van der Waals surface area contributed by atoms with Crippen LogP contribution in [0.3, 0.4) is 0 Å². The van der Waals surface area contributed by atoms with Crippen LogP contribution in [-0.4, -0.2) is 33.6 Å². The molecule has 0 saturated heterocycles. The summed E-state index contributed by atoms with van der Waals surface area (Å²) in [7, 11) is 2.01. The number of fused-ring (bicyclic) bond motifs is 2. The Morgan fingerprint density at radius 1 is 1.30 bits per heavy atom. The van der Waals surface area contributed by atoms with E-state index >= 15 is 0 Å². The van der Waals surface area contributed by atoms with Crippen LogP contribution in [0.2, 0.25) is 5.02 Å². The van der Waals surface area contributed by atoms with Crippen molar-refractivity contribution in [2.75, 3.05) is 17.3 Å². The van der Waals surface area contributed by atoms with Crippen LogP contribution in [0.1, 0.15) is 29.6 Å². The van der Waals surface area contributed by atoms with Crippen molar-refractivity contribution < 1.29 is 4.79 Å². The van der Waals surface area contributed by atoms with Gasteiger partial charge in [0.05, 0.1) is 21.7 Å². The molecule has 2 aromatic heterocycles. The van der Waals surface area contributed by atoms with Gasteiger partial charge < -0.3 is 20.5 Å². The molecule has 5 rings (SSSR count). The van der Waals surface area contributed by atoms with Gasteiger partial charge in [0.25, 0.3) is 5.91 Å². The average molecular weight is 405 g/mol. The number of H-pyrrole nitrogens is 1. The molecule has 1 aromatic carbocycles. The first-order valence-corrected chi connectivity index (χ1v) is 8.90. The number of hydrogen-bond donors (Lipinski definition) is 3. The van der Waals surface area contributed by atoms with Gasteiger partial charge in [-0.2, -0.15) is 0 Å². The molecule has 2 aliphatic rings. The molecule has 3 aromatic rings. The molecule has 0 atom stereocenters. The first-order chi connectivity index (χ1) is 12.6. The van der Waals surface area contributed by atoms with Crippen LogP contribution in [0.15, 0.2) is 30.7 Å². The minimum atomic E-state index is -0.283. The Kier molecular flexibility index (Phi) is 4.16. The molecule has 140 valence electrons. The van der Waals surface area contributed by atoms with Gasteiger partial charge in [-0.25, -0.2) is 9.97 Å². The second-order valence-electron chi connectivity index (χ2n) is 6.84. The molecular weight excluding hydrogens is 387 g/mol. The number of carbonyl (C=O) groups is 1. The van der Waals surface area contributed by atoms with Gasteiger partial charge in [0.15, 0.2) is 0 Å². The minimum absolute atomic E-state index is 0. The fourth-order valence-corrected chi connectivity index (χ4v) is 4.12. The Hall–Kier alpha value is -2.51. The highest BCUT2D eigenvalue weighted by atomic mass is 35.5. The molecule has 1 aliphatic carbocycles. The Bertz CT molecular complexity index is 1050. The first kappa shape index (κ1) is 17.9. The van der Waals surface area contributed by atoms with Crippen molar-refractivity contribution in [3.8, 4) is 0 Å². The monoisotopic (exact) mass is 404 g/mol. The highest BCUT2D eigenvalue weighted by Gasteiger charge is 2.47. The molecule has 0 bridgehead atoms. The maximum absolute atomic E-state index is 12.6. The van der Waals surface area contributed by atoms with Gasteiger partial charge in [0, 0.05) is 18.9 Å². The number of anilines is 3.